The Hall–Kier alpha value is -1.02. The van der Waals surface area contributed by atoms with Gasteiger partial charge in [-0.2, -0.15) is 0 Å². The smallest absolute Gasteiger partial charge is 0.193 e. The molecule has 1 aromatic rings. The number of nitrogens with one attached hydrogen (secondary N) is 1. The molecule has 152 valence electrons. The Bertz CT molecular complexity index is 624. The first kappa shape index (κ1) is 22.3. The molecular weight excluding hydrogens is 453 g/mol. The lowest BCUT2D eigenvalue weighted by Crippen LogP contribution is -2.42. The SMILES string of the molecule is CCNC(=NCC1(c2cc(C)ccc2OC)CCOCC1)N1CCCC1.I. The maximum absolute atomic E-state index is 5.72. The molecule has 0 amide bonds. The number of aryl methyl sites for hydroxylation is 1. The predicted octanol–water partition coefficient (Wildman–Crippen LogP) is 3.73. The maximum atomic E-state index is 5.72. The van der Waals surface area contributed by atoms with Gasteiger partial charge in [-0.1, -0.05) is 17.7 Å². The van der Waals surface area contributed by atoms with E-state index in [1.165, 1.54) is 24.0 Å². The van der Waals surface area contributed by atoms with Crippen LogP contribution in [0.4, 0.5) is 0 Å². The number of rotatable bonds is 5. The molecule has 1 aromatic carbocycles. The van der Waals surface area contributed by atoms with Crippen molar-refractivity contribution in [1.82, 2.24) is 10.2 Å². The van der Waals surface area contributed by atoms with Crippen LogP contribution in [0.5, 0.6) is 5.75 Å². The van der Waals surface area contributed by atoms with Gasteiger partial charge in [0.15, 0.2) is 5.96 Å². The summed E-state index contributed by atoms with van der Waals surface area (Å²) in [6.45, 7) is 9.74. The van der Waals surface area contributed by atoms with Crippen LogP contribution in [-0.4, -0.2) is 57.4 Å². The number of hydrogen-bond acceptors (Lipinski definition) is 3. The quantitative estimate of drug-likeness (QED) is 0.391. The molecule has 6 heteroatoms. The molecule has 0 aromatic heterocycles. The number of benzene rings is 1. The van der Waals surface area contributed by atoms with Crippen LogP contribution in [0.15, 0.2) is 23.2 Å². The molecule has 0 saturated carbocycles. The van der Waals surface area contributed by atoms with E-state index in [0.29, 0.717) is 0 Å². The van der Waals surface area contributed by atoms with Crippen LogP contribution < -0.4 is 10.1 Å². The summed E-state index contributed by atoms with van der Waals surface area (Å²) in [7, 11) is 1.76. The molecule has 2 heterocycles. The summed E-state index contributed by atoms with van der Waals surface area (Å²) in [4.78, 5) is 7.49. The Morgan fingerprint density at radius 1 is 1.26 bits per heavy atom. The van der Waals surface area contributed by atoms with Crippen LogP contribution in [0, 0.1) is 6.92 Å². The molecule has 0 aliphatic carbocycles. The number of aliphatic imine (C=N–C) groups is 1. The summed E-state index contributed by atoms with van der Waals surface area (Å²) in [6.07, 6.45) is 4.48. The van der Waals surface area contributed by atoms with Crippen molar-refractivity contribution in [2.45, 2.75) is 44.9 Å². The van der Waals surface area contributed by atoms with E-state index in [1.807, 2.05) is 0 Å². The highest BCUT2D eigenvalue weighted by atomic mass is 127. The number of halogens is 1. The lowest BCUT2D eigenvalue weighted by atomic mass is 9.73. The second-order valence-corrected chi connectivity index (χ2v) is 7.46. The summed E-state index contributed by atoms with van der Waals surface area (Å²) in [5.41, 5.74) is 2.53. The van der Waals surface area contributed by atoms with Crippen molar-refractivity contribution >= 4 is 29.9 Å². The molecule has 0 spiro atoms. The highest BCUT2D eigenvalue weighted by molar-refractivity contribution is 14.0. The largest absolute Gasteiger partial charge is 0.496 e. The average Bonchev–Trinajstić information content (AvgIpc) is 3.20. The third-order valence-electron chi connectivity index (χ3n) is 5.65. The minimum absolute atomic E-state index is 0. The van der Waals surface area contributed by atoms with Crippen LogP contribution in [0.25, 0.3) is 0 Å². The molecule has 5 nitrogen and oxygen atoms in total. The Morgan fingerprint density at radius 3 is 2.59 bits per heavy atom. The van der Waals surface area contributed by atoms with E-state index >= 15 is 0 Å². The number of ether oxygens (including phenoxy) is 2. The summed E-state index contributed by atoms with van der Waals surface area (Å²) >= 11 is 0. The number of hydrogen-bond donors (Lipinski definition) is 1. The number of likely N-dealkylation sites (tertiary alicyclic amines) is 1. The molecule has 1 N–H and O–H groups in total. The third-order valence-corrected chi connectivity index (χ3v) is 5.65. The van der Waals surface area contributed by atoms with Crippen LogP contribution in [0.1, 0.15) is 43.7 Å². The summed E-state index contributed by atoms with van der Waals surface area (Å²) in [6, 6.07) is 6.49. The van der Waals surface area contributed by atoms with Gasteiger partial charge in [0.05, 0.1) is 13.7 Å². The van der Waals surface area contributed by atoms with Crippen molar-refractivity contribution in [1.29, 1.82) is 0 Å². The number of guanidine groups is 1. The molecule has 2 saturated heterocycles. The van der Waals surface area contributed by atoms with E-state index in [-0.39, 0.29) is 29.4 Å². The van der Waals surface area contributed by atoms with Crippen LogP contribution in [0.3, 0.4) is 0 Å². The topological polar surface area (TPSA) is 46.1 Å². The van der Waals surface area contributed by atoms with Gasteiger partial charge in [-0.25, -0.2) is 0 Å². The van der Waals surface area contributed by atoms with Gasteiger partial charge in [0.25, 0.3) is 0 Å². The fourth-order valence-electron chi connectivity index (χ4n) is 4.09. The van der Waals surface area contributed by atoms with Crippen molar-refractivity contribution < 1.29 is 9.47 Å². The Kier molecular flexibility index (Phi) is 8.66. The lowest BCUT2D eigenvalue weighted by molar-refractivity contribution is 0.0522. The van der Waals surface area contributed by atoms with E-state index < -0.39 is 0 Å². The average molecular weight is 487 g/mol. The predicted molar refractivity (Wildman–Crippen MR) is 122 cm³/mol. The Balaban J connectivity index is 0.00000261. The zero-order valence-corrected chi connectivity index (χ0v) is 19.3. The van der Waals surface area contributed by atoms with E-state index in [1.54, 1.807) is 7.11 Å². The van der Waals surface area contributed by atoms with Crippen LogP contribution >= 0.6 is 24.0 Å². The van der Waals surface area contributed by atoms with Crippen LogP contribution in [0.2, 0.25) is 0 Å². The van der Waals surface area contributed by atoms with Crippen molar-refractivity contribution in [3.8, 4) is 5.75 Å². The van der Waals surface area contributed by atoms with Crippen molar-refractivity contribution in [3.63, 3.8) is 0 Å². The molecule has 27 heavy (non-hydrogen) atoms. The first-order valence-electron chi connectivity index (χ1n) is 9.94. The zero-order chi connectivity index (χ0) is 18.4. The summed E-state index contributed by atoms with van der Waals surface area (Å²) < 4.78 is 11.4. The minimum Gasteiger partial charge on any atom is -0.496 e. The third kappa shape index (κ3) is 5.28. The molecule has 3 rings (SSSR count). The van der Waals surface area contributed by atoms with Gasteiger partial charge in [-0.3, -0.25) is 4.99 Å². The highest BCUT2D eigenvalue weighted by Gasteiger charge is 2.37. The highest BCUT2D eigenvalue weighted by Crippen LogP contribution is 2.40. The zero-order valence-electron chi connectivity index (χ0n) is 16.9. The fourth-order valence-corrected chi connectivity index (χ4v) is 4.09. The van der Waals surface area contributed by atoms with E-state index in [4.69, 9.17) is 14.5 Å². The van der Waals surface area contributed by atoms with Crippen molar-refractivity contribution in [2.75, 3.05) is 46.5 Å². The lowest BCUT2D eigenvalue weighted by Gasteiger charge is -2.38. The molecule has 0 unspecified atom stereocenters. The van der Waals surface area contributed by atoms with Gasteiger partial charge < -0.3 is 19.7 Å². The number of methoxy groups -OCH3 is 1. The Labute approximate surface area is 180 Å². The molecule has 2 aliphatic heterocycles. The maximum Gasteiger partial charge on any atom is 0.193 e. The molecule has 0 atom stereocenters. The first-order chi connectivity index (χ1) is 12.7. The standard InChI is InChI=1S/C21H33N3O2.HI/c1-4-22-20(24-11-5-6-12-24)23-16-21(9-13-26-14-10-21)18-15-17(2)7-8-19(18)25-3;/h7-8,15H,4-6,9-14,16H2,1-3H3,(H,22,23);1H. The van der Waals surface area contributed by atoms with Gasteiger partial charge in [0.2, 0.25) is 0 Å². The van der Waals surface area contributed by atoms with E-state index in [9.17, 15) is 0 Å². The van der Waals surface area contributed by atoms with Gasteiger partial charge in [-0.05, 0) is 45.6 Å². The van der Waals surface area contributed by atoms with Crippen molar-refractivity contribution in [2.24, 2.45) is 4.99 Å². The van der Waals surface area contributed by atoms with Gasteiger partial charge in [0, 0.05) is 43.8 Å². The second-order valence-electron chi connectivity index (χ2n) is 7.46. The van der Waals surface area contributed by atoms with Crippen LogP contribution in [-0.2, 0) is 10.2 Å². The van der Waals surface area contributed by atoms with E-state index in [2.05, 4.69) is 42.3 Å². The van der Waals surface area contributed by atoms with Gasteiger partial charge in [0.1, 0.15) is 5.75 Å². The van der Waals surface area contributed by atoms with E-state index in [0.717, 1.165) is 63.9 Å². The first-order valence-corrected chi connectivity index (χ1v) is 9.94. The normalized spacial score (nSPS) is 19.5. The summed E-state index contributed by atoms with van der Waals surface area (Å²) in [5.74, 6) is 2.03. The molecular formula is C21H34IN3O2. The molecule has 0 radical (unpaired) electrons. The van der Waals surface area contributed by atoms with Gasteiger partial charge in [-0.15, -0.1) is 24.0 Å². The summed E-state index contributed by atoms with van der Waals surface area (Å²) in [5, 5.41) is 3.49. The fraction of sp³-hybridized carbons (Fsp3) is 0.667. The molecule has 2 aliphatic rings. The Morgan fingerprint density at radius 2 is 1.96 bits per heavy atom. The van der Waals surface area contributed by atoms with Gasteiger partial charge >= 0.3 is 0 Å². The minimum atomic E-state index is -0.0178. The molecule has 2 fully saturated rings. The van der Waals surface area contributed by atoms with Crippen molar-refractivity contribution in [3.05, 3.63) is 29.3 Å². The second kappa shape index (κ2) is 10.5. The number of nitrogens with zero attached hydrogens (tertiary/aromatic N) is 2. The monoisotopic (exact) mass is 487 g/mol. The molecule has 0 bridgehead atoms.